The molecule has 2 aromatic heterocycles. The fourth-order valence-corrected chi connectivity index (χ4v) is 4.61. The lowest BCUT2D eigenvalue weighted by atomic mass is 9.94. The number of hydrogen-bond acceptors (Lipinski definition) is 4. The number of methoxy groups -OCH3 is 1. The number of ether oxygens (including phenoxy) is 1. The molecule has 0 saturated heterocycles. The average Bonchev–Trinajstić information content (AvgIpc) is 3.14. The van der Waals surface area contributed by atoms with Crippen molar-refractivity contribution in [1.29, 1.82) is 0 Å². The summed E-state index contributed by atoms with van der Waals surface area (Å²) in [5, 5.41) is 12.3. The van der Waals surface area contributed by atoms with Gasteiger partial charge >= 0.3 is 5.69 Å². The minimum absolute atomic E-state index is 0.167. The van der Waals surface area contributed by atoms with E-state index in [0.29, 0.717) is 11.4 Å². The van der Waals surface area contributed by atoms with Crippen molar-refractivity contribution in [1.82, 2.24) is 14.5 Å². The number of H-pyrrole nitrogens is 2. The quantitative estimate of drug-likeness (QED) is 0.396. The van der Waals surface area contributed by atoms with Crippen LogP contribution in [-0.2, 0) is 6.42 Å². The van der Waals surface area contributed by atoms with E-state index in [1.54, 1.807) is 31.4 Å². The third kappa shape index (κ3) is 2.95. The van der Waals surface area contributed by atoms with Crippen LogP contribution in [0.4, 0.5) is 0 Å². The van der Waals surface area contributed by atoms with Crippen LogP contribution in [0.25, 0.3) is 16.6 Å². The summed E-state index contributed by atoms with van der Waals surface area (Å²) < 4.78 is 6.30. The van der Waals surface area contributed by atoms with Gasteiger partial charge in [-0.15, -0.1) is 0 Å². The van der Waals surface area contributed by atoms with Gasteiger partial charge in [-0.05, 0) is 35.9 Å². The molecular weight excluding hydrogens is 396 g/mol. The topological polar surface area (TPSA) is 105 Å². The van der Waals surface area contributed by atoms with E-state index in [2.05, 4.69) is 16.0 Å². The molecule has 158 valence electrons. The number of fused-ring (bicyclic) bond motifs is 3. The Balaban J connectivity index is 1.74. The standard InChI is InChI=1S/C23H22N4O4/c1-26-12-11-16-15-5-3-4-6-17(15)24-19(16)20(26)18-21(28)25-23(30)27(22(18)29)13-7-9-14(31-2)10-8-13/h3-10,20,24,29H,11-12H2,1-2H3,(H,25,28,30)/p+1/t20-/m0/s1. The van der Waals surface area contributed by atoms with Crippen molar-refractivity contribution >= 4 is 10.9 Å². The molecule has 0 bridgehead atoms. The van der Waals surface area contributed by atoms with Crippen molar-refractivity contribution in [2.75, 3.05) is 20.7 Å². The molecule has 31 heavy (non-hydrogen) atoms. The minimum Gasteiger partial charge on any atom is -0.497 e. The SMILES string of the molecule is COc1ccc(-n2c(O)c([C@H]3c4[nH]c5ccccc5c4CC[NH+]3C)c(=O)[nH]c2=O)cc1. The molecule has 0 fully saturated rings. The summed E-state index contributed by atoms with van der Waals surface area (Å²) in [5.74, 6) is 0.273. The van der Waals surface area contributed by atoms with E-state index in [-0.39, 0.29) is 11.4 Å². The lowest BCUT2D eigenvalue weighted by Gasteiger charge is -2.30. The number of rotatable bonds is 3. The Labute approximate surface area is 177 Å². The maximum absolute atomic E-state index is 12.9. The van der Waals surface area contributed by atoms with E-state index < -0.39 is 17.3 Å². The first-order valence-electron chi connectivity index (χ1n) is 10.1. The molecule has 0 radical (unpaired) electrons. The van der Waals surface area contributed by atoms with Crippen LogP contribution in [0.2, 0.25) is 0 Å². The number of likely N-dealkylation sites (N-methyl/N-ethyl adjacent to an activating group) is 1. The number of hydrogen-bond donors (Lipinski definition) is 4. The molecule has 0 aliphatic carbocycles. The second-order valence-corrected chi connectivity index (χ2v) is 7.87. The molecule has 2 aromatic carbocycles. The fraction of sp³-hybridized carbons (Fsp3) is 0.217. The van der Waals surface area contributed by atoms with Gasteiger partial charge in [0.15, 0.2) is 6.04 Å². The number of para-hydroxylation sites is 1. The number of aromatic amines is 2. The third-order valence-electron chi connectivity index (χ3n) is 6.14. The maximum Gasteiger partial charge on any atom is 0.335 e. The van der Waals surface area contributed by atoms with Crippen LogP contribution < -0.4 is 20.9 Å². The van der Waals surface area contributed by atoms with Crippen molar-refractivity contribution in [2.24, 2.45) is 0 Å². The first-order valence-corrected chi connectivity index (χ1v) is 10.1. The molecule has 5 rings (SSSR count). The van der Waals surface area contributed by atoms with E-state index >= 15 is 0 Å². The Hall–Kier alpha value is -3.78. The van der Waals surface area contributed by atoms with Crippen LogP contribution in [0.5, 0.6) is 11.6 Å². The van der Waals surface area contributed by atoms with E-state index in [0.717, 1.165) is 44.6 Å². The Morgan fingerprint density at radius 2 is 1.84 bits per heavy atom. The number of nitrogens with one attached hydrogen (secondary N) is 3. The molecule has 1 unspecified atom stereocenters. The monoisotopic (exact) mass is 419 g/mol. The zero-order chi connectivity index (χ0) is 21.7. The van der Waals surface area contributed by atoms with Gasteiger partial charge in [0.1, 0.15) is 11.3 Å². The normalized spacial score (nSPS) is 18.1. The summed E-state index contributed by atoms with van der Waals surface area (Å²) in [6.45, 7) is 0.792. The Bertz CT molecular complexity index is 1400. The highest BCUT2D eigenvalue weighted by molar-refractivity contribution is 5.85. The lowest BCUT2D eigenvalue weighted by molar-refractivity contribution is -0.908. The summed E-state index contributed by atoms with van der Waals surface area (Å²) in [4.78, 5) is 32.5. The molecule has 0 amide bonds. The van der Waals surface area contributed by atoms with Crippen LogP contribution in [-0.4, -0.2) is 40.3 Å². The van der Waals surface area contributed by atoms with Gasteiger partial charge in [-0.25, -0.2) is 9.36 Å². The van der Waals surface area contributed by atoms with Crippen LogP contribution in [0, 0.1) is 0 Å². The van der Waals surface area contributed by atoms with Crippen molar-refractivity contribution in [3.8, 4) is 17.3 Å². The maximum atomic E-state index is 12.9. The summed E-state index contributed by atoms with van der Waals surface area (Å²) in [5.41, 5.74) is 2.36. The number of aromatic nitrogens is 3. The Morgan fingerprint density at radius 3 is 2.58 bits per heavy atom. The molecule has 1 aliphatic rings. The fourth-order valence-electron chi connectivity index (χ4n) is 4.61. The van der Waals surface area contributed by atoms with Gasteiger partial charge in [-0.2, -0.15) is 0 Å². The summed E-state index contributed by atoms with van der Waals surface area (Å²) in [6.07, 6.45) is 0.860. The van der Waals surface area contributed by atoms with Crippen LogP contribution in [0.3, 0.4) is 0 Å². The molecule has 1 aliphatic heterocycles. The molecule has 4 aromatic rings. The number of aromatic hydroxyl groups is 1. The number of benzene rings is 2. The highest BCUT2D eigenvalue weighted by Gasteiger charge is 2.37. The molecule has 4 N–H and O–H groups in total. The van der Waals surface area contributed by atoms with E-state index in [4.69, 9.17) is 4.74 Å². The second kappa shape index (κ2) is 7.17. The molecule has 2 atom stereocenters. The van der Waals surface area contributed by atoms with Gasteiger partial charge in [-0.1, -0.05) is 18.2 Å². The molecule has 8 nitrogen and oxygen atoms in total. The first-order chi connectivity index (χ1) is 15.0. The molecule has 3 heterocycles. The summed E-state index contributed by atoms with van der Waals surface area (Å²) in [6, 6.07) is 14.3. The Kier molecular flexibility index (Phi) is 4.44. The number of nitrogens with zero attached hydrogens (tertiary/aromatic N) is 1. The van der Waals surface area contributed by atoms with Crippen molar-refractivity contribution in [3.63, 3.8) is 0 Å². The van der Waals surface area contributed by atoms with E-state index in [1.165, 1.54) is 0 Å². The van der Waals surface area contributed by atoms with Gasteiger partial charge in [0.2, 0.25) is 5.88 Å². The summed E-state index contributed by atoms with van der Waals surface area (Å²) in [7, 11) is 3.54. The lowest BCUT2D eigenvalue weighted by Crippen LogP contribution is -3.10. The van der Waals surface area contributed by atoms with Gasteiger partial charge in [0.05, 0.1) is 32.1 Å². The highest BCUT2D eigenvalue weighted by Crippen LogP contribution is 2.33. The molecule has 0 spiro atoms. The van der Waals surface area contributed by atoms with E-state index in [1.807, 2.05) is 25.2 Å². The molecule has 8 heteroatoms. The van der Waals surface area contributed by atoms with Crippen LogP contribution >= 0.6 is 0 Å². The first kappa shape index (κ1) is 19.2. The third-order valence-corrected chi connectivity index (χ3v) is 6.14. The molecule has 0 saturated carbocycles. The zero-order valence-corrected chi connectivity index (χ0v) is 17.2. The van der Waals surface area contributed by atoms with Crippen molar-refractivity contribution in [3.05, 3.63) is 86.2 Å². The average molecular weight is 419 g/mol. The second-order valence-electron chi connectivity index (χ2n) is 7.87. The largest absolute Gasteiger partial charge is 0.497 e. The predicted octanol–water partition coefficient (Wildman–Crippen LogP) is 0.881. The molecular formula is C23H23N4O4+. The smallest absolute Gasteiger partial charge is 0.335 e. The predicted molar refractivity (Wildman–Crippen MR) is 116 cm³/mol. The minimum atomic E-state index is -0.693. The Morgan fingerprint density at radius 1 is 1.10 bits per heavy atom. The van der Waals surface area contributed by atoms with Gasteiger partial charge in [0.25, 0.3) is 5.56 Å². The van der Waals surface area contributed by atoms with Gasteiger partial charge in [-0.3, -0.25) is 9.78 Å². The van der Waals surface area contributed by atoms with Gasteiger partial charge < -0.3 is 19.7 Å². The van der Waals surface area contributed by atoms with Crippen molar-refractivity contribution < 1.29 is 14.7 Å². The van der Waals surface area contributed by atoms with Crippen molar-refractivity contribution in [2.45, 2.75) is 12.5 Å². The van der Waals surface area contributed by atoms with Gasteiger partial charge in [0, 0.05) is 17.3 Å². The van der Waals surface area contributed by atoms with Crippen LogP contribution in [0.15, 0.2) is 58.1 Å². The van der Waals surface area contributed by atoms with E-state index in [9.17, 15) is 14.7 Å². The van der Waals surface area contributed by atoms with Crippen LogP contribution in [0.1, 0.15) is 22.9 Å². The summed E-state index contributed by atoms with van der Waals surface area (Å²) >= 11 is 0. The highest BCUT2D eigenvalue weighted by atomic mass is 16.5. The number of quaternary nitrogens is 1. The zero-order valence-electron chi connectivity index (χ0n) is 17.2.